The Hall–Kier alpha value is -3.64. The highest BCUT2D eigenvalue weighted by atomic mass is 19.3. The van der Waals surface area contributed by atoms with Crippen LogP contribution in [0.1, 0.15) is 29.8 Å². The fourth-order valence-electron chi connectivity index (χ4n) is 3.42. The monoisotopic (exact) mass is 441 g/mol. The van der Waals surface area contributed by atoms with Crippen molar-refractivity contribution in [3.63, 3.8) is 0 Å². The van der Waals surface area contributed by atoms with Crippen molar-refractivity contribution in [2.45, 2.75) is 37.3 Å². The van der Waals surface area contributed by atoms with Crippen molar-refractivity contribution < 1.29 is 13.6 Å². The van der Waals surface area contributed by atoms with Gasteiger partial charge in [0.2, 0.25) is 0 Å². The number of nitrogens with one attached hydrogen (secondary N) is 3. The Morgan fingerprint density at radius 3 is 2.78 bits per heavy atom. The number of nitrogens with zero attached hydrogens (tertiary/aromatic N) is 5. The first-order valence-corrected chi connectivity index (χ1v) is 9.95. The average molecular weight is 441 g/mol. The number of amides is 1. The number of hydrogen-bond acceptors (Lipinski definition) is 9. The topological polar surface area (TPSA) is 144 Å². The summed E-state index contributed by atoms with van der Waals surface area (Å²) >= 11 is 0. The lowest BCUT2D eigenvalue weighted by Crippen LogP contribution is -2.61. The molecule has 0 aliphatic heterocycles. The van der Waals surface area contributed by atoms with E-state index in [9.17, 15) is 13.6 Å². The van der Waals surface area contributed by atoms with Gasteiger partial charge in [-0.3, -0.25) is 10.2 Å². The van der Waals surface area contributed by atoms with Crippen LogP contribution < -0.4 is 21.9 Å². The Morgan fingerprint density at radius 2 is 1.97 bits per heavy atom. The van der Waals surface area contributed by atoms with Crippen molar-refractivity contribution in [2.24, 2.45) is 5.73 Å². The van der Waals surface area contributed by atoms with Crippen molar-refractivity contribution in [3.8, 4) is 11.4 Å². The normalized spacial score (nSPS) is 19.8. The largest absolute Gasteiger partial charge is 0.338 e. The molecule has 12 heteroatoms. The van der Waals surface area contributed by atoms with E-state index in [1.807, 2.05) is 6.07 Å². The number of hydrazine groups is 1. The summed E-state index contributed by atoms with van der Waals surface area (Å²) in [4.78, 5) is 25.2. The van der Waals surface area contributed by atoms with Crippen molar-refractivity contribution in [2.75, 3.05) is 5.32 Å². The van der Waals surface area contributed by atoms with E-state index < -0.39 is 23.9 Å². The zero-order valence-electron chi connectivity index (χ0n) is 16.9. The van der Waals surface area contributed by atoms with E-state index >= 15 is 0 Å². The highest BCUT2D eigenvalue weighted by Crippen LogP contribution is 2.32. The summed E-state index contributed by atoms with van der Waals surface area (Å²) in [6, 6.07) is 6.76. The third-order valence-electron chi connectivity index (χ3n) is 5.10. The van der Waals surface area contributed by atoms with Crippen LogP contribution in [0.15, 0.2) is 49.1 Å². The van der Waals surface area contributed by atoms with E-state index in [0.717, 1.165) is 5.56 Å². The lowest BCUT2D eigenvalue weighted by molar-refractivity contribution is -0.0640. The number of carbonyl (C=O) groups excluding carboxylic acids is 1. The summed E-state index contributed by atoms with van der Waals surface area (Å²) in [6.07, 6.45) is 4.91. The Morgan fingerprint density at radius 1 is 1.16 bits per heavy atom. The second kappa shape index (κ2) is 9.24. The van der Waals surface area contributed by atoms with Gasteiger partial charge in [0, 0.05) is 36.1 Å². The first-order valence-electron chi connectivity index (χ1n) is 9.95. The van der Waals surface area contributed by atoms with Gasteiger partial charge in [0.25, 0.3) is 11.8 Å². The van der Waals surface area contributed by atoms with E-state index in [1.54, 1.807) is 36.7 Å². The molecule has 0 bridgehead atoms. The van der Waals surface area contributed by atoms with Crippen LogP contribution in [0.25, 0.3) is 11.4 Å². The molecule has 1 aliphatic rings. The van der Waals surface area contributed by atoms with Crippen LogP contribution in [0.4, 0.5) is 20.3 Å². The van der Waals surface area contributed by atoms with Crippen molar-refractivity contribution in [1.82, 2.24) is 36.0 Å². The van der Waals surface area contributed by atoms with Gasteiger partial charge in [-0.05, 0) is 31.0 Å². The molecule has 0 spiro atoms. The number of rotatable bonds is 6. The van der Waals surface area contributed by atoms with Crippen LogP contribution in [0.5, 0.6) is 0 Å². The third-order valence-corrected chi connectivity index (χ3v) is 5.10. The standard InChI is InChI=1S/C20H21F2N9O/c21-20(22)7-2-6-14(16(20)23)29-31-19(32)15-18(26-11-27-30-15)28-13-5-1-4-12(10-13)17-24-8-3-9-25-17/h1,3-5,8-11,14,16,29H,2,6-7,23H2,(H,31,32)(H,26,27,28)/t14-,16-/m1/s1. The van der Waals surface area contributed by atoms with Gasteiger partial charge in [0.15, 0.2) is 17.3 Å². The summed E-state index contributed by atoms with van der Waals surface area (Å²) in [5.74, 6) is -2.99. The molecule has 1 amide bonds. The lowest BCUT2D eigenvalue weighted by Gasteiger charge is -2.35. The number of benzene rings is 1. The molecular weight excluding hydrogens is 420 g/mol. The molecule has 1 fully saturated rings. The number of anilines is 2. The summed E-state index contributed by atoms with van der Waals surface area (Å²) in [5.41, 5.74) is 11.9. The minimum Gasteiger partial charge on any atom is -0.338 e. The fourth-order valence-corrected chi connectivity index (χ4v) is 3.42. The van der Waals surface area contributed by atoms with Gasteiger partial charge in [-0.1, -0.05) is 12.1 Å². The van der Waals surface area contributed by atoms with Gasteiger partial charge < -0.3 is 11.1 Å². The molecule has 4 rings (SSSR count). The fraction of sp³-hybridized carbons (Fsp3) is 0.300. The third kappa shape index (κ3) is 4.81. The zero-order chi connectivity index (χ0) is 22.6. The molecule has 0 radical (unpaired) electrons. The van der Waals surface area contributed by atoms with Crippen molar-refractivity contribution in [1.29, 1.82) is 0 Å². The molecule has 2 atom stereocenters. The Bertz CT molecular complexity index is 1080. The molecule has 2 heterocycles. The molecule has 32 heavy (non-hydrogen) atoms. The molecule has 1 saturated carbocycles. The van der Waals surface area contributed by atoms with Crippen LogP contribution in [-0.4, -0.2) is 49.1 Å². The number of nitrogens with two attached hydrogens (primary N) is 1. The highest BCUT2D eigenvalue weighted by Gasteiger charge is 2.44. The van der Waals surface area contributed by atoms with Gasteiger partial charge in [0.1, 0.15) is 6.33 Å². The van der Waals surface area contributed by atoms with Crippen LogP contribution >= 0.6 is 0 Å². The first kappa shape index (κ1) is 21.6. The SMILES string of the molecule is N[C@@H]1[C@H](NNC(=O)c2nncnc2Nc2cccc(-c3ncccn3)c2)CCCC1(F)F. The van der Waals surface area contributed by atoms with Gasteiger partial charge in [-0.2, -0.15) is 0 Å². The molecule has 10 nitrogen and oxygen atoms in total. The van der Waals surface area contributed by atoms with Crippen LogP contribution in [0.2, 0.25) is 0 Å². The summed E-state index contributed by atoms with van der Waals surface area (Å²) < 4.78 is 27.7. The minimum atomic E-state index is -2.99. The summed E-state index contributed by atoms with van der Waals surface area (Å²) in [7, 11) is 0. The average Bonchev–Trinajstić information content (AvgIpc) is 2.81. The molecule has 1 aliphatic carbocycles. The van der Waals surface area contributed by atoms with Gasteiger partial charge in [-0.15, -0.1) is 10.2 Å². The molecular formula is C20H21F2N9O. The summed E-state index contributed by atoms with van der Waals surface area (Å²) in [6.45, 7) is 0. The van der Waals surface area contributed by atoms with Crippen LogP contribution in [-0.2, 0) is 0 Å². The quantitative estimate of drug-likeness (QED) is 0.421. The minimum absolute atomic E-state index is 0.113. The number of hydrogen-bond donors (Lipinski definition) is 4. The molecule has 1 aromatic carbocycles. The van der Waals surface area contributed by atoms with Crippen LogP contribution in [0, 0.1) is 0 Å². The molecule has 5 N–H and O–H groups in total. The molecule has 2 aromatic heterocycles. The predicted octanol–water partition coefficient (Wildman–Crippen LogP) is 1.82. The maximum atomic E-state index is 13.8. The smallest absolute Gasteiger partial charge is 0.289 e. The van der Waals surface area contributed by atoms with E-state index in [0.29, 0.717) is 24.4 Å². The number of aromatic nitrogens is 5. The van der Waals surface area contributed by atoms with E-state index in [4.69, 9.17) is 5.73 Å². The summed E-state index contributed by atoms with van der Waals surface area (Å²) in [5, 5.41) is 10.5. The second-order valence-electron chi connectivity index (χ2n) is 7.32. The van der Waals surface area contributed by atoms with Gasteiger partial charge >= 0.3 is 0 Å². The molecule has 166 valence electrons. The Balaban J connectivity index is 1.47. The van der Waals surface area contributed by atoms with Crippen LogP contribution in [0.3, 0.4) is 0 Å². The lowest BCUT2D eigenvalue weighted by atomic mass is 9.88. The number of carbonyl (C=O) groups is 1. The molecule has 0 saturated heterocycles. The Kier molecular flexibility index (Phi) is 6.23. The molecule has 3 aromatic rings. The van der Waals surface area contributed by atoms with Gasteiger partial charge in [-0.25, -0.2) is 29.2 Å². The zero-order valence-corrected chi connectivity index (χ0v) is 16.9. The van der Waals surface area contributed by atoms with Crippen molar-refractivity contribution >= 4 is 17.4 Å². The van der Waals surface area contributed by atoms with E-state index in [1.165, 1.54) is 6.33 Å². The van der Waals surface area contributed by atoms with E-state index in [-0.39, 0.29) is 17.9 Å². The number of halogens is 2. The maximum absolute atomic E-state index is 13.8. The van der Waals surface area contributed by atoms with E-state index in [2.05, 4.69) is 41.3 Å². The second-order valence-corrected chi connectivity index (χ2v) is 7.32. The van der Waals surface area contributed by atoms with Gasteiger partial charge in [0.05, 0.1) is 6.04 Å². The highest BCUT2D eigenvalue weighted by molar-refractivity contribution is 5.97. The number of alkyl halides is 2. The maximum Gasteiger partial charge on any atom is 0.289 e. The van der Waals surface area contributed by atoms with Crippen molar-refractivity contribution in [3.05, 3.63) is 54.7 Å². The Labute approximate surface area is 182 Å². The predicted molar refractivity (Wildman–Crippen MR) is 112 cm³/mol. The molecule has 0 unspecified atom stereocenters. The first-order chi connectivity index (χ1) is 15.4.